The van der Waals surface area contributed by atoms with Gasteiger partial charge in [-0.15, -0.1) is 0 Å². The Balaban J connectivity index is 2.89. The summed E-state index contributed by atoms with van der Waals surface area (Å²) in [5.41, 5.74) is -1.23. The number of pyridine rings is 1. The van der Waals surface area contributed by atoms with Gasteiger partial charge in [-0.3, -0.25) is 4.79 Å². The lowest BCUT2D eigenvalue weighted by Gasteiger charge is -2.25. The quantitative estimate of drug-likeness (QED) is 0.754. The van der Waals surface area contributed by atoms with Crippen LogP contribution < -0.4 is 10.1 Å². The summed E-state index contributed by atoms with van der Waals surface area (Å²) in [5, 5.41) is 11.7. The summed E-state index contributed by atoms with van der Waals surface area (Å²) in [6, 6.07) is 2.98. The molecule has 0 saturated heterocycles. The van der Waals surface area contributed by atoms with Crippen LogP contribution in [0.3, 0.4) is 0 Å². The van der Waals surface area contributed by atoms with Crippen LogP contribution in [0.4, 0.5) is 0 Å². The van der Waals surface area contributed by atoms with Crippen LogP contribution in [-0.2, 0) is 9.53 Å². The summed E-state index contributed by atoms with van der Waals surface area (Å²) in [6.07, 6.45) is 2.23. The van der Waals surface area contributed by atoms with E-state index in [2.05, 4.69) is 10.3 Å². The number of amides is 1. The first-order chi connectivity index (χ1) is 10.3. The van der Waals surface area contributed by atoms with Crippen LogP contribution >= 0.6 is 0 Å². The minimum atomic E-state index is -1.51. The second-order valence-corrected chi connectivity index (χ2v) is 5.24. The number of carboxylic acid groups (broad SMARTS) is 1. The molecule has 0 spiro atoms. The average Bonchev–Trinajstić information content (AvgIpc) is 2.47. The third-order valence-corrected chi connectivity index (χ3v) is 3.19. The summed E-state index contributed by atoms with van der Waals surface area (Å²) in [7, 11) is 1.37. The Morgan fingerprint density at radius 2 is 2.18 bits per heavy atom. The summed E-state index contributed by atoms with van der Waals surface area (Å²) in [4.78, 5) is 27.6. The third kappa shape index (κ3) is 4.70. The van der Waals surface area contributed by atoms with Gasteiger partial charge in [-0.05, 0) is 26.3 Å². The molecule has 0 saturated carbocycles. The van der Waals surface area contributed by atoms with E-state index in [1.807, 2.05) is 13.8 Å². The van der Waals surface area contributed by atoms with Gasteiger partial charge in [0.25, 0.3) is 5.91 Å². The van der Waals surface area contributed by atoms with E-state index in [4.69, 9.17) is 9.47 Å². The molecule has 2 unspecified atom stereocenters. The molecule has 2 N–H and O–H groups in total. The van der Waals surface area contributed by atoms with Crippen molar-refractivity contribution < 1.29 is 24.2 Å². The van der Waals surface area contributed by atoms with E-state index in [1.54, 1.807) is 0 Å². The number of nitrogens with one attached hydrogen (secondary N) is 1. The minimum Gasteiger partial charge on any atom is -0.479 e. The minimum absolute atomic E-state index is 0.0245. The largest absolute Gasteiger partial charge is 0.479 e. The van der Waals surface area contributed by atoms with Gasteiger partial charge in [0.1, 0.15) is 0 Å². The summed E-state index contributed by atoms with van der Waals surface area (Å²) >= 11 is 0. The Morgan fingerprint density at radius 3 is 2.73 bits per heavy atom. The first kappa shape index (κ1) is 17.9. The van der Waals surface area contributed by atoms with E-state index in [1.165, 1.54) is 32.4 Å². The lowest BCUT2D eigenvalue weighted by molar-refractivity contribution is -0.145. The molecule has 0 aliphatic heterocycles. The van der Waals surface area contributed by atoms with Gasteiger partial charge in [0.2, 0.25) is 5.88 Å². The number of hydrogen-bond acceptors (Lipinski definition) is 5. The van der Waals surface area contributed by atoms with Gasteiger partial charge in [-0.25, -0.2) is 9.78 Å². The molecule has 122 valence electrons. The lowest BCUT2D eigenvalue weighted by atomic mass is 10.0. The molecule has 7 nitrogen and oxygen atoms in total. The van der Waals surface area contributed by atoms with Gasteiger partial charge < -0.3 is 19.9 Å². The van der Waals surface area contributed by atoms with E-state index in [0.29, 0.717) is 5.88 Å². The van der Waals surface area contributed by atoms with Crippen molar-refractivity contribution in [3.8, 4) is 5.88 Å². The monoisotopic (exact) mass is 310 g/mol. The summed E-state index contributed by atoms with van der Waals surface area (Å²) in [5.74, 6) is -1.38. The number of aromatic nitrogens is 1. The van der Waals surface area contributed by atoms with E-state index in [0.717, 1.165) is 6.42 Å². The highest BCUT2D eigenvalue weighted by atomic mass is 16.5. The maximum Gasteiger partial charge on any atom is 0.331 e. The van der Waals surface area contributed by atoms with Crippen molar-refractivity contribution in [2.75, 3.05) is 13.7 Å². The number of ether oxygens (including phenoxy) is 2. The standard InChI is InChI=1S/C15H22N2O5/c1-5-10(2)22-12-8-11(6-7-16-12)13(18)17-15(3,9-21-4)14(19)20/h6-8,10H,5,9H2,1-4H3,(H,17,18)(H,19,20). The fraction of sp³-hybridized carbons (Fsp3) is 0.533. The van der Waals surface area contributed by atoms with Crippen molar-refractivity contribution in [3.05, 3.63) is 23.9 Å². The zero-order valence-electron chi connectivity index (χ0n) is 13.3. The van der Waals surface area contributed by atoms with Crippen molar-refractivity contribution in [1.82, 2.24) is 10.3 Å². The predicted molar refractivity (Wildman–Crippen MR) is 80.0 cm³/mol. The van der Waals surface area contributed by atoms with E-state index >= 15 is 0 Å². The van der Waals surface area contributed by atoms with E-state index in [9.17, 15) is 14.7 Å². The number of nitrogens with zero attached hydrogens (tertiary/aromatic N) is 1. The summed E-state index contributed by atoms with van der Waals surface area (Å²) < 4.78 is 10.4. The topological polar surface area (TPSA) is 97.8 Å². The SMILES string of the molecule is CCC(C)Oc1cc(C(=O)NC(C)(COC)C(=O)O)ccn1. The summed E-state index contributed by atoms with van der Waals surface area (Å²) in [6.45, 7) is 5.11. The molecule has 0 aliphatic carbocycles. The van der Waals surface area contributed by atoms with E-state index in [-0.39, 0.29) is 18.3 Å². The van der Waals surface area contributed by atoms with Gasteiger partial charge in [0, 0.05) is 24.9 Å². The highest BCUT2D eigenvalue weighted by molar-refractivity contribution is 5.97. The highest BCUT2D eigenvalue weighted by Crippen LogP contribution is 2.14. The normalized spacial score (nSPS) is 14.7. The third-order valence-electron chi connectivity index (χ3n) is 3.19. The number of hydrogen-bond donors (Lipinski definition) is 2. The van der Waals surface area contributed by atoms with Crippen LogP contribution in [0, 0.1) is 0 Å². The smallest absolute Gasteiger partial charge is 0.331 e. The fourth-order valence-corrected chi connectivity index (χ4v) is 1.67. The molecule has 7 heteroatoms. The molecular formula is C15H22N2O5. The number of carboxylic acids is 1. The maximum atomic E-state index is 12.2. The molecule has 0 aliphatic rings. The molecule has 0 fully saturated rings. The molecule has 1 aromatic rings. The van der Waals surface area contributed by atoms with Gasteiger partial charge in [0.05, 0.1) is 12.7 Å². The van der Waals surface area contributed by atoms with Crippen LogP contribution in [0.25, 0.3) is 0 Å². The predicted octanol–water partition coefficient (Wildman–Crippen LogP) is 1.48. The number of carbonyl (C=O) groups excluding carboxylic acids is 1. The first-order valence-corrected chi connectivity index (χ1v) is 7.00. The van der Waals surface area contributed by atoms with E-state index < -0.39 is 17.4 Å². The van der Waals surface area contributed by atoms with Crippen molar-refractivity contribution in [2.24, 2.45) is 0 Å². The second-order valence-electron chi connectivity index (χ2n) is 5.24. The Labute approximate surface area is 129 Å². The average molecular weight is 310 g/mol. The number of aliphatic carboxylic acids is 1. The number of methoxy groups -OCH3 is 1. The zero-order valence-corrected chi connectivity index (χ0v) is 13.3. The highest BCUT2D eigenvalue weighted by Gasteiger charge is 2.35. The zero-order chi connectivity index (χ0) is 16.8. The molecular weight excluding hydrogens is 288 g/mol. The lowest BCUT2D eigenvalue weighted by Crippen LogP contribution is -2.55. The van der Waals surface area contributed by atoms with Crippen LogP contribution in [0.15, 0.2) is 18.3 Å². The van der Waals surface area contributed by atoms with Crippen molar-refractivity contribution >= 4 is 11.9 Å². The molecule has 0 radical (unpaired) electrons. The molecule has 1 amide bonds. The van der Waals surface area contributed by atoms with Gasteiger partial charge >= 0.3 is 5.97 Å². The van der Waals surface area contributed by atoms with Crippen LogP contribution in [0.1, 0.15) is 37.6 Å². The Hall–Kier alpha value is -2.15. The van der Waals surface area contributed by atoms with Crippen LogP contribution in [-0.4, -0.2) is 47.3 Å². The number of rotatable bonds is 8. The van der Waals surface area contributed by atoms with Gasteiger partial charge in [-0.1, -0.05) is 6.92 Å². The molecule has 1 rings (SSSR count). The number of carbonyl (C=O) groups is 2. The molecule has 22 heavy (non-hydrogen) atoms. The molecule has 2 atom stereocenters. The maximum absolute atomic E-state index is 12.2. The molecule has 1 aromatic heterocycles. The van der Waals surface area contributed by atoms with Gasteiger partial charge in [-0.2, -0.15) is 0 Å². The Kier molecular flexibility index (Phi) is 6.30. The van der Waals surface area contributed by atoms with Crippen LogP contribution in [0.2, 0.25) is 0 Å². The van der Waals surface area contributed by atoms with Gasteiger partial charge in [0.15, 0.2) is 5.54 Å². The van der Waals surface area contributed by atoms with Crippen molar-refractivity contribution in [2.45, 2.75) is 38.8 Å². The second kappa shape index (κ2) is 7.74. The van der Waals surface area contributed by atoms with Crippen molar-refractivity contribution in [1.29, 1.82) is 0 Å². The van der Waals surface area contributed by atoms with Crippen molar-refractivity contribution in [3.63, 3.8) is 0 Å². The molecule has 0 aromatic carbocycles. The Morgan fingerprint density at radius 1 is 1.50 bits per heavy atom. The molecule has 1 heterocycles. The van der Waals surface area contributed by atoms with Crippen LogP contribution in [0.5, 0.6) is 5.88 Å². The fourth-order valence-electron chi connectivity index (χ4n) is 1.67. The Bertz CT molecular complexity index is 534. The molecule has 0 bridgehead atoms. The first-order valence-electron chi connectivity index (χ1n) is 7.00.